The van der Waals surface area contributed by atoms with Crippen LogP contribution in [0.5, 0.6) is 5.75 Å². The minimum Gasteiger partial charge on any atom is -0.481 e. The average molecular weight is 412 g/mol. The third-order valence-electron chi connectivity index (χ3n) is 5.16. The molecule has 1 fully saturated rings. The van der Waals surface area contributed by atoms with Gasteiger partial charge >= 0.3 is 0 Å². The first-order valence-corrected chi connectivity index (χ1v) is 9.92. The average Bonchev–Trinajstić information content (AvgIpc) is 3.22. The van der Waals surface area contributed by atoms with Gasteiger partial charge in [0.05, 0.1) is 12.1 Å². The second-order valence-electron chi connectivity index (χ2n) is 7.37. The molecule has 0 saturated carbocycles. The molecule has 0 radical (unpaired) electrons. The predicted molar refractivity (Wildman–Crippen MR) is 106 cm³/mol. The van der Waals surface area contributed by atoms with Gasteiger partial charge in [0.1, 0.15) is 11.6 Å². The van der Waals surface area contributed by atoms with Crippen LogP contribution in [0.3, 0.4) is 0 Å². The number of ether oxygens (including phenoxy) is 1. The van der Waals surface area contributed by atoms with Gasteiger partial charge in [-0.25, -0.2) is 13.8 Å². The number of carbonyl (C=O) groups excluding carboxylic acids is 1. The highest BCUT2D eigenvalue weighted by Gasteiger charge is 2.28. The number of benzene rings is 2. The molecule has 1 aliphatic heterocycles. The number of aromatic nitrogens is 1. The van der Waals surface area contributed by atoms with E-state index >= 15 is 0 Å². The first-order chi connectivity index (χ1) is 14.6. The summed E-state index contributed by atoms with van der Waals surface area (Å²) in [6.07, 6.45) is 4.10. The summed E-state index contributed by atoms with van der Waals surface area (Å²) in [6.45, 7) is 0.766. The Hall–Kier alpha value is -3.22. The lowest BCUT2D eigenvalue weighted by Crippen LogP contribution is -2.41. The van der Waals surface area contributed by atoms with E-state index in [0.717, 1.165) is 36.3 Å². The number of rotatable bonds is 6. The van der Waals surface area contributed by atoms with Crippen LogP contribution in [0, 0.1) is 11.6 Å². The topological polar surface area (TPSA) is 55.6 Å². The molecule has 156 valence electrons. The van der Waals surface area contributed by atoms with Crippen molar-refractivity contribution in [1.29, 1.82) is 0 Å². The maximum Gasteiger partial charge on any atom is 0.260 e. The van der Waals surface area contributed by atoms with Crippen LogP contribution in [0.25, 0.3) is 0 Å². The molecule has 5 nitrogen and oxygen atoms in total. The van der Waals surface area contributed by atoms with Gasteiger partial charge in [0.15, 0.2) is 24.1 Å². The van der Waals surface area contributed by atoms with Crippen LogP contribution < -0.4 is 4.74 Å². The molecule has 2 aromatic carbocycles. The number of amides is 1. The van der Waals surface area contributed by atoms with Crippen LogP contribution in [0.15, 0.2) is 59.1 Å². The highest BCUT2D eigenvalue weighted by atomic mass is 19.1. The van der Waals surface area contributed by atoms with Gasteiger partial charge in [-0.2, -0.15) is 0 Å². The number of hydrogen-bond acceptors (Lipinski definition) is 4. The Kier molecular flexibility index (Phi) is 6.07. The Morgan fingerprint density at radius 2 is 2.03 bits per heavy atom. The molecule has 1 atom stereocenters. The Morgan fingerprint density at radius 1 is 1.20 bits per heavy atom. The summed E-state index contributed by atoms with van der Waals surface area (Å²) in [5.74, 6) is -0.489. The molecule has 7 heteroatoms. The molecule has 1 aromatic heterocycles. The Labute approximate surface area is 173 Å². The lowest BCUT2D eigenvalue weighted by Gasteiger charge is -2.31. The highest BCUT2D eigenvalue weighted by molar-refractivity contribution is 5.78. The van der Waals surface area contributed by atoms with Gasteiger partial charge in [0.25, 0.3) is 5.91 Å². The van der Waals surface area contributed by atoms with Crippen LogP contribution in [0.2, 0.25) is 0 Å². The molecule has 1 amide bonds. The number of likely N-dealkylation sites (tertiary alicyclic amines) is 1. The Bertz CT molecular complexity index is 1010. The van der Waals surface area contributed by atoms with Crippen molar-refractivity contribution in [3.05, 3.63) is 83.6 Å². The van der Waals surface area contributed by atoms with E-state index in [1.807, 2.05) is 30.3 Å². The van der Waals surface area contributed by atoms with Gasteiger partial charge in [0.2, 0.25) is 0 Å². The maximum absolute atomic E-state index is 13.7. The smallest absolute Gasteiger partial charge is 0.260 e. The normalized spacial score (nSPS) is 16.5. The molecule has 0 N–H and O–H groups in total. The van der Waals surface area contributed by atoms with Crippen molar-refractivity contribution in [1.82, 2.24) is 9.88 Å². The van der Waals surface area contributed by atoms with Crippen molar-refractivity contribution >= 4 is 5.91 Å². The quantitative estimate of drug-likeness (QED) is 0.605. The van der Waals surface area contributed by atoms with Crippen LogP contribution in [0.4, 0.5) is 8.78 Å². The van der Waals surface area contributed by atoms with Gasteiger partial charge < -0.3 is 14.1 Å². The van der Waals surface area contributed by atoms with Crippen molar-refractivity contribution in [3.63, 3.8) is 0 Å². The number of carbonyl (C=O) groups is 1. The Balaban J connectivity index is 1.34. The largest absolute Gasteiger partial charge is 0.481 e. The lowest BCUT2D eigenvalue weighted by atomic mass is 9.98. The standard InChI is InChI=1S/C23H22F2N2O3/c24-18-8-9-21(20(25)12-18)29-15-22(28)27-10-4-7-17(14-27)23-26-13-19(30-23)11-16-5-2-1-3-6-16/h1-3,5-6,8-9,12-13,17H,4,7,10-11,14-15H2/t17-/m1/s1. The molecule has 30 heavy (non-hydrogen) atoms. The fraction of sp³-hybridized carbons (Fsp3) is 0.304. The second-order valence-corrected chi connectivity index (χ2v) is 7.37. The summed E-state index contributed by atoms with van der Waals surface area (Å²) in [4.78, 5) is 18.6. The second kappa shape index (κ2) is 9.07. The molecule has 0 spiro atoms. The van der Waals surface area contributed by atoms with Gasteiger partial charge in [-0.15, -0.1) is 0 Å². The van der Waals surface area contributed by atoms with Crippen molar-refractivity contribution in [2.45, 2.75) is 25.2 Å². The molecule has 1 saturated heterocycles. The van der Waals surface area contributed by atoms with E-state index in [4.69, 9.17) is 9.15 Å². The molecule has 0 bridgehead atoms. The zero-order valence-corrected chi connectivity index (χ0v) is 16.4. The maximum atomic E-state index is 13.7. The van der Waals surface area contributed by atoms with E-state index in [1.54, 1.807) is 11.1 Å². The third-order valence-corrected chi connectivity index (χ3v) is 5.16. The molecular weight excluding hydrogens is 390 g/mol. The molecule has 1 aliphatic rings. The lowest BCUT2D eigenvalue weighted by molar-refractivity contribution is -0.134. The minimum absolute atomic E-state index is 0.00906. The van der Waals surface area contributed by atoms with Crippen molar-refractivity contribution < 1.29 is 22.7 Å². The van der Waals surface area contributed by atoms with Gasteiger partial charge in [0, 0.05) is 25.6 Å². The number of oxazole rings is 1. The van der Waals surface area contributed by atoms with E-state index in [-0.39, 0.29) is 24.2 Å². The fourth-order valence-electron chi connectivity index (χ4n) is 3.62. The zero-order chi connectivity index (χ0) is 20.9. The molecular formula is C23H22F2N2O3. The van der Waals surface area contributed by atoms with Gasteiger partial charge in [-0.1, -0.05) is 30.3 Å². The van der Waals surface area contributed by atoms with Crippen molar-refractivity contribution in [2.75, 3.05) is 19.7 Å². The molecule has 2 heterocycles. The number of hydrogen-bond donors (Lipinski definition) is 0. The number of halogens is 2. The van der Waals surface area contributed by atoms with E-state index in [1.165, 1.54) is 6.07 Å². The third kappa shape index (κ3) is 4.84. The summed E-state index contributed by atoms with van der Waals surface area (Å²) in [7, 11) is 0. The van der Waals surface area contributed by atoms with Crippen LogP contribution >= 0.6 is 0 Å². The van der Waals surface area contributed by atoms with E-state index in [2.05, 4.69) is 4.98 Å². The van der Waals surface area contributed by atoms with E-state index in [0.29, 0.717) is 25.4 Å². The number of nitrogens with zero attached hydrogens (tertiary/aromatic N) is 2. The van der Waals surface area contributed by atoms with E-state index in [9.17, 15) is 13.6 Å². The van der Waals surface area contributed by atoms with Crippen LogP contribution in [-0.4, -0.2) is 35.5 Å². The monoisotopic (exact) mass is 412 g/mol. The summed E-state index contributed by atoms with van der Waals surface area (Å²) >= 11 is 0. The highest BCUT2D eigenvalue weighted by Crippen LogP contribution is 2.27. The van der Waals surface area contributed by atoms with Crippen LogP contribution in [-0.2, 0) is 11.2 Å². The summed E-state index contributed by atoms with van der Waals surface area (Å²) in [6, 6.07) is 13.0. The van der Waals surface area contributed by atoms with Crippen LogP contribution in [0.1, 0.15) is 36.0 Å². The summed E-state index contributed by atoms with van der Waals surface area (Å²) in [5, 5.41) is 0. The molecule has 4 rings (SSSR count). The van der Waals surface area contributed by atoms with Gasteiger partial charge in [-0.05, 0) is 30.5 Å². The van der Waals surface area contributed by atoms with E-state index < -0.39 is 11.6 Å². The van der Waals surface area contributed by atoms with Crippen molar-refractivity contribution in [2.24, 2.45) is 0 Å². The fourth-order valence-corrected chi connectivity index (χ4v) is 3.62. The van der Waals surface area contributed by atoms with Crippen molar-refractivity contribution in [3.8, 4) is 5.75 Å². The number of piperidine rings is 1. The summed E-state index contributed by atoms with van der Waals surface area (Å²) in [5.41, 5.74) is 1.14. The first kappa shape index (κ1) is 20.1. The molecule has 0 aliphatic carbocycles. The predicted octanol–water partition coefficient (Wildman–Crippen LogP) is 4.33. The molecule has 0 unspecified atom stereocenters. The summed E-state index contributed by atoms with van der Waals surface area (Å²) < 4.78 is 37.8. The molecule has 3 aromatic rings. The first-order valence-electron chi connectivity index (χ1n) is 9.92. The minimum atomic E-state index is -0.829. The van der Waals surface area contributed by atoms with Gasteiger partial charge in [-0.3, -0.25) is 4.79 Å². The Morgan fingerprint density at radius 3 is 2.83 bits per heavy atom. The SMILES string of the molecule is O=C(COc1ccc(F)cc1F)N1CCC[C@@H](c2ncc(Cc3ccccc3)o2)C1. The zero-order valence-electron chi connectivity index (χ0n) is 16.4.